The molecule has 2 atom stereocenters. The second-order valence-corrected chi connectivity index (χ2v) is 4.48. The van der Waals surface area contributed by atoms with E-state index in [4.69, 9.17) is 0 Å². The molecule has 0 aromatic rings. The summed E-state index contributed by atoms with van der Waals surface area (Å²) in [6.07, 6.45) is 3.94. The lowest BCUT2D eigenvalue weighted by atomic mass is 9.66. The molecule has 0 aliphatic rings. The minimum Gasteiger partial charge on any atom is -0.0651 e. The van der Waals surface area contributed by atoms with Gasteiger partial charge in [-0.1, -0.05) is 60.8 Å². The maximum absolute atomic E-state index is 2.45. The summed E-state index contributed by atoms with van der Waals surface area (Å²) in [7, 11) is 0. The lowest BCUT2D eigenvalue weighted by molar-refractivity contribution is 0.101. The Hall–Kier alpha value is 0. The monoisotopic (exact) mass is 170 g/mol. The summed E-state index contributed by atoms with van der Waals surface area (Å²) < 4.78 is 0. The summed E-state index contributed by atoms with van der Waals surface area (Å²) in [5.74, 6) is 1.72. The van der Waals surface area contributed by atoms with Gasteiger partial charge in [-0.05, 0) is 17.3 Å². The average Bonchev–Trinajstić information content (AvgIpc) is 2.13. The molecule has 2 unspecified atom stereocenters. The van der Waals surface area contributed by atoms with E-state index in [1.165, 1.54) is 19.3 Å². The molecule has 0 radical (unpaired) electrons. The van der Waals surface area contributed by atoms with Crippen LogP contribution in [0.3, 0.4) is 0 Å². The van der Waals surface area contributed by atoms with Crippen LogP contribution in [0.15, 0.2) is 0 Å². The van der Waals surface area contributed by atoms with E-state index >= 15 is 0 Å². The minimum absolute atomic E-state index is 0.559. The Balaban J connectivity index is 4.42. The molecule has 0 amide bonds. The van der Waals surface area contributed by atoms with Crippen molar-refractivity contribution in [2.24, 2.45) is 17.3 Å². The summed E-state index contributed by atoms with van der Waals surface area (Å²) in [4.78, 5) is 0. The molecule has 0 bridgehead atoms. The van der Waals surface area contributed by atoms with Crippen LogP contribution in [0.5, 0.6) is 0 Å². The van der Waals surface area contributed by atoms with Crippen molar-refractivity contribution in [1.29, 1.82) is 0 Å². The van der Waals surface area contributed by atoms with E-state index in [2.05, 4.69) is 41.5 Å². The van der Waals surface area contributed by atoms with E-state index < -0.39 is 0 Å². The van der Waals surface area contributed by atoms with Gasteiger partial charge in [-0.15, -0.1) is 0 Å². The molecule has 74 valence electrons. The summed E-state index contributed by atoms with van der Waals surface area (Å²) in [5, 5.41) is 0. The summed E-state index contributed by atoms with van der Waals surface area (Å²) in [6, 6.07) is 0. The maximum Gasteiger partial charge on any atom is -0.0277 e. The molecule has 0 heteroatoms. The lowest BCUT2D eigenvalue weighted by Gasteiger charge is -2.40. The fraction of sp³-hybridized carbons (Fsp3) is 1.00. The molecule has 0 aromatic heterocycles. The van der Waals surface area contributed by atoms with Gasteiger partial charge in [0.05, 0.1) is 0 Å². The fourth-order valence-electron chi connectivity index (χ4n) is 2.12. The van der Waals surface area contributed by atoms with Gasteiger partial charge in [-0.3, -0.25) is 0 Å². The number of rotatable bonds is 5. The van der Waals surface area contributed by atoms with E-state index in [9.17, 15) is 0 Å². The van der Waals surface area contributed by atoms with Crippen molar-refractivity contribution in [2.45, 2.75) is 60.8 Å². The summed E-state index contributed by atoms with van der Waals surface area (Å²) >= 11 is 0. The molecular weight excluding hydrogens is 144 g/mol. The molecule has 0 rings (SSSR count). The maximum atomic E-state index is 2.45. The molecule has 0 saturated carbocycles. The Kier molecular flexibility index (Phi) is 4.89. The van der Waals surface area contributed by atoms with E-state index in [1.54, 1.807) is 0 Å². The predicted molar refractivity (Wildman–Crippen MR) is 57.3 cm³/mol. The van der Waals surface area contributed by atoms with Gasteiger partial charge in [0.2, 0.25) is 0 Å². The van der Waals surface area contributed by atoms with Crippen LogP contribution < -0.4 is 0 Å². The van der Waals surface area contributed by atoms with Crippen LogP contribution in [0.2, 0.25) is 0 Å². The van der Waals surface area contributed by atoms with Gasteiger partial charge in [0.1, 0.15) is 0 Å². The van der Waals surface area contributed by atoms with E-state index in [0.29, 0.717) is 5.41 Å². The third-order valence-electron chi connectivity index (χ3n) is 4.24. The first-order chi connectivity index (χ1) is 5.52. The third-order valence-corrected chi connectivity index (χ3v) is 4.24. The molecule has 0 N–H and O–H groups in total. The zero-order valence-corrected chi connectivity index (χ0v) is 9.78. The van der Waals surface area contributed by atoms with Crippen molar-refractivity contribution in [2.75, 3.05) is 0 Å². The van der Waals surface area contributed by atoms with Crippen molar-refractivity contribution in [3.63, 3.8) is 0 Å². The van der Waals surface area contributed by atoms with Gasteiger partial charge in [0, 0.05) is 0 Å². The molecule has 12 heavy (non-hydrogen) atoms. The minimum atomic E-state index is 0.559. The molecule has 0 aliphatic heterocycles. The smallest absolute Gasteiger partial charge is 0.0277 e. The van der Waals surface area contributed by atoms with Crippen LogP contribution in [-0.4, -0.2) is 0 Å². The van der Waals surface area contributed by atoms with Crippen LogP contribution in [0.1, 0.15) is 60.8 Å². The Morgan fingerprint density at radius 3 is 1.42 bits per heavy atom. The van der Waals surface area contributed by atoms with Gasteiger partial charge < -0.3 is 0 Å². The van der Waals surface area contributed by atoms with Crippen LogP contribution >= 0.6 is 0 Å². The Morgan fingerprint density at radius 1 is 0.917 bits per heavy atom. The molecule has 0 saturated heterocycles. The van der Waals surface area contributed by atoms with Gasteiger partial charge >= 0.3 is 0 Å². The molecule has 0 aromatic carbocycles. The summed E-state index contributed by atoms with van der Waals surface area (Å²) in [5.41, 5.74) is 0.559. The van der Waals surface area contributed by atoms with E-state index in [-0.39, 0.29) is 0 Å². The van der Waals surface area contributed by atoms with Gasteiger partial charge in [0.15, 0.2) is 0 Å². The van der Waals surface area contributed by atoms with Crippen molar-refractivity contribution >= 4 is 0 Å². The average molecular weight is 170 g/mol. The highest BCUT2D eigenvalue weighted by molar-refractivity contribution is 4.82. The predicted octanol–water partition coefficient (Wildman–Crippen LogP) is 4.49. The van der Waals surface area contributed by atoms with E-state index in [0.717, 1.165) is 11.8 Å². The fourth-order valence-corrected chi connectivity index (χ4v) is 2.12. The first-order valence-electron chi connectivity index (χ1n) is 5.52. The highest BCUT2D eigenvalue weighted by Gasteiger charge is 2.32. The van der Waals surface area contributed by atoms with Crippen LogP contribution in [-0.2, 0) is 0 Å². The van der Waals surface area contributed by atoms with Crippen molar-refractivity contribution in [3.8, 4) is 0 Å². The molecule has 0 heterocycles. The van der Waals surface area contributed by atoms with Crippen molar-refractivity contribution in [1.82, 2.24) is 0 Å². The van der Waals surface area contributed by atoms with Crippen molar-refractivity contribution in [3.05, 3.63) is 0 Å². The first kappa shape index (κ1) is 12.0. The molecular formula is C12H26. The van der Waals surface area contributed by atoms with Gasteiger partial charge in [-0.2, -0.15) is 0 Å². The third kappa shape index (κ3) is 2.24. The largest absolute Gasteiger partial charge is 0.0651 e. The van der Waals surface area contributed by atoms with Crippen LogP contribution in [0.25, 0.3) is 0 Å². The molecule has 0 nitrogen and oxygen atoms in total. The van der Waals surface area contributed by atoms with Crippen LogP contribution in [0, 0.1) is 17.3 Å². The standard InChI is InChI=1S/C12H26/c1-7-10(4)12(6,9-3)11(5)8-2/h10-11H,7-9H2,1-6H3. The second kappa shape index (κ2) is 4.89. The molecule has 0 fully saturated rings. The Morgan fingerprint density at radius 2 is 1.25 bits per heavy atom. The highest BCUT2D eigenvalue weighted by Crippen LogP contribution is 2.41. The molecule has 0 spiro atoms. The quantitative estimate of drug-likeness (QED) is 0.570. The first-order valence-corrected chi connectivity index (χ1v) is 5.52. The van der Waals surface area contributed by atoms with E-state index in [1.807, 2.05) is 0 Å². The second-order valence-electron chi connectivity index (χ2n) is 4.48. The Labute approximate surface area is 78.8 Å². The lowest BCUT2D eigenvalue weighted by Crippen LogP contribution is -2.31. The Bertz CT molecular complexity index is 105. The zero-order valence-electron chi connectivity index (χ0n) is 9.78. The van der Waals surface area contributed by atoms with Crippen LogP contribution in [0.4, 0.5) is 0 Å². The van der Waals surface area contributed by atoms with Gasteiger partial charge in [-0.25, -0.2) is 0 Å². The molecule has 0 aliphatic carbocycles. The SMILES string of the molecule is CCC(C)C(C)(CC)C(C)CC. The number of hydrogen-bond donors (Lipinski definition) is 0. The zero-order chi connectivity index (χ0) is 9.78. The van der Waals surface area contributed by atoms with Crippen molar-refractivity contribution < 1.29 is 0 Å². The van der Waals surface area contributed by atoms with Gasteiger partial charge in [0.25, 0.3) is 0 Å². The topological polar surface area (TPSA) is 0 Å². The number of hydrogen-bond acceptors (Lipinski definition) is 0. The summed E-state index contributed by atoms with van der Waals surface area (Å²) in [6.45, 7) is 14.2. The normalized spacial score (nSPS) is 21.5. The highest BCUT2D eigenvalue weighted by atomic mass is 14.4.